The normalized spacial score (nSPS) is 25.2. The molecule has 2 heterocycles. The number of aromatic amines is 1. The van der Waals surface area contributed by atoms with E-state index in [0.717, 1.165) is 35.0 Å². The molecule has 1 saturated heterocycles. The standard InChI is InChI=1S/C18H26N2O/c1-12(2)18-14(11-13-7-6-10-20(13)3)17-15(19-18)8-5-9-16(17)21-4/h5,8-9,12-13,19H,6-7,10-11H2,1-4H3/t13-/m1/s1/i3D3,4D3. The summed E-state index contributed by atoms with van der Waals surface area (Å²) in [5.41, 5.74) is 2.78. The first kappa shape index (κ1) is 8.84. The molecule has 0 bridgehead atoms. The lowest BCUT2D eigenvalue weighted by molar-refractivity contribution is 0.309. The molecule has 2 aromatic rings. The Morgan fingerprint density at radius 1 is 1.48 bits per heavy atom. The Balaban J connectivity index is 2.08. The Kier molecular flexibility index (Phi) is 2.41. The smallest absolute Gasteiger partial charge is 0.128 e. The maximum atomic E-state index is 7.80. The van der Waals surface area contributed by atoms with Gasteiger partial charge in [0.1, 0.15) is 5.75 Å². The van der Waals surface area contributed by atoms with Gasteiger partial charge in [-0.3, -0.25) is 0 Å². The number of hydrogen-bond acceptors (Lipinski definition) is 2. The van der Waals surface area contributed by atoms with Crippen molar-refractivity contribution in [2.24, 2.45) is 0 Å². The number of H-pyrrole nitrogens is 1. The SMILES string of the molecule is [2H]C([2H])([2H])Oc1cccc2[nH]c(C(C)C)c(C[C@H]3CCCN3C([2H])([2H])[2H])c12. The molecule has 3 rings (SSSR count). The number of nitrogens with one attached hydrogen (secondary N) is 1. The first-order chi connectivity index (χ1) is 12.5. The molecular formula is C18H26N2O. The second kappa shape index (κ2) is 5.72. The van der Waals surface area contributed by atoms with Gasteiger partial charge in [-0.1, -0.05) is 19.9 Å². The lowest BCUT2D eigenvalue weighted by atomic mass is 9.96. The summed E-state index contributed by atoms with van der Waals surface area (Å²) >= 11 is 0. The highest BCUT2D eigenvalue weighted by atomic mass is 16.5. The number of ether oxygens (including phenoxy) is 1. The first-order valence-electron chi connectivity index (χ1n) is 10.6. The molecule has 1 aromatic carbocycles. The van der Waals surface area contributed by atoms with E-state index < -0.39 is 14.0 Å². The van der Waals surface area contributed by atoms with Crippen molar-refractivity contribution in [2.45, 2.75) is 45.1 Å². The number of fused-ring (bicyclic) bond motifs is 1. The van der Waals surface area contributed by atoms with Crippen LogP contribution in [0.4, 0.5) is 0 Å². The monoisotopic (exact) mass is 292 g/mol. The minimum absolute atomic E-state index is 0.102. The maximum absolute atomic E-state index is 7.80. The predicted molar refractivity (Wildman–Crippen MR) is 88.3 cm³/mol. The maximum Gasteiger partial charge on any atom is 0.128 e. The second-order valence-corrected chi connectivity index (χ2v) is 6.15. The van der Waals surface area contributed by atoms with Crippen molar-refractivity contribution in [3.63, 3.8) is 0 Å². The number of likely N-dealkylation sites (N-methyl/N-ethyl adjacent to an activating group) is 1. The highest BCUT2D eigenvalue weighted by Gasteiger charge is 2.25. The average Bonchev–Trinajstić information content (AvgIpc) is 3.11. The molecule has 1 N–H and O–H groups in total. The van der Waals surface area contributed by atoms with Crippen LogP contribution in [0.2, 0.25) is 0 Å². The molecule has 3 heteroatoms. The molecule has 0 unspecified atom stereocenters. The van der Waals surface area contributed by atoms with Crippen molar-refractivity contribution >= 4 is 10.9 Å². The fraction of sp³-hybridized carbons (Fsp3) is 0.556. The summed E-state index contributed by atoms with van der Waals surface area (Å²) in [6.45, 7) is 2.56. The summed E-state index contributed by atoms with van der Waals surface area (Å²) in [6.07, 6.45) is 2.21. The van der Waals surface area contributed by atoms with Crippen LogP contribution in [0, 0.1) is 0 Å². The van der Waals surface area contributed by atoms with Gasteiger partial charge in [-0.2, -0.15) is 0 Å². The highest BCUT2D eigenvalue weighted by Crippen LogP contribution is 2.36. The van der Waals surface area contributed by atoms with Crippen LogP contribution in [0.5, 0.6) is 5.75 Å². The molecule has 0 amide bonds. The van der Waals surface area contributed by atoms with Crippen LogP contribution in [0.25, 0.3) is 10.9 Å². The quantitative estimate of drug-likeness (QED) is 0.924. The van der Waals surface area contributed by atoms with Gasteiger partial charge in [-0.05, 0) is 56.4 Å². The number of benzene rings is 1. The third kappa shape index (κ3) is 2.55. The molecule has 1 aliphatic rings. The van der Waals surface area contributed by atoms with Crippen molar-refractivity contribution < 1.29 is 13.0 Å². The Morgan fingerprint density at radius 3 is 3.14 bits per heavy atom. The molecule has 21 heavy (non-hydrogen) atoms. The first-order valence-corrected chi connectivity index (χ1v) is 7.56. The van der Waals surface area contributed by atoms with E-state index in [-0.39, 0.29) is 12.0 Å². The summed E-state index contributed by atoms with van der Waals surface area (Å²) in [5, 5.41) is 0.745. The summed E-state index contributed by atoms with van der Waals surface area (Å²) in [6, 6.07) is 5.22. The second-order valence-electron chi connectivity index (χ2n) is 6.15. The van der Waals surface area contributed by atoms with Gasteiger partial charge in [-0.15, -0.1) is 0 Å². The van der Waals surface area contributed by atoms with Crippen molar-refractivity contribution in [3.8, 4) is 5.75 Å². The molecule has 1 aliphatic heterocycles. The molecular weight excluding hydrogens is 260 g/mol. The molecule has 0 spiro atoms. The predicted octanol–water partition coefficient (Wildman–Crippen LogP) is 3.94. The van der Waals surface area contributed by atoms with E-state index in [1.807, 2.05) is 6.07 Å². The largest absolute Gasteiger partial charge is 0.496 e. The van der Waals surface area contributed by atoms with Crippen LogP contribution >= 0.6 is 0 Å². The van der Waals surface area contributed by atoms with Crippen LogP contribution < -0.4 is 4.74 Å². The van der Waals surface area contributed by atoms with E-state index >= 15 is 0 Å². The van der Waals surface area contributed by atoms with Gasteiger partial charge in [0.2, 0.25) is 0 Å². The van der Waals surface area contributed by atoms with Crippen LogP contribution in [-0.2, 0) is 6.42 Å². The van der Waals surface area contributed by atoms with Crippen molar-refractivity contribution in [3.05, 3.63) is 29.5 Å². The number of aromatic nitrogens is 1. The third-order valence-corrected chi connectivity index (χ3v) is 4.43. The van der Waals surface area contributed by atoms with Gasteiger partial charge < -0.3 is 14.6 Å². The van der Waals surface area contributed by atoms with Gasteiger partial charge in [0.25, 0.3) is 0 Å². The van der Waals surface area contributed by atoms with E-state index in [1.54, 1.807) is 17.0 Å². The molecule has 0 saturated carbocycles. The number of nitrogens with zero attached hydrogens (tertiary/aromatic N) is 1. The highest BCUT2D eigenvalue weighted by molar-refractivity contribution is 5.90. The summed E-state index contributed by atoms with van der Waals surface area (Å²) in [5.74, 6) is 0.500. The van der Waals surface area contributed by atoms with Gasteiger partial charge in [0, 0.05) is 26.8 Å². The van der Waals surface area contributed by atoms with Gasteiger partial charge in [0.05, 0.1) is 11.2 Å². The Hall–Kier alpha value is -1.48. The Morgan fingerprint density at radius 2 is 2.38 bits per heavy atom. The zero-order valence-electron chi connectivity index (χ0n) is 18.6. The zero-order chi connectivity index (χ0) is 20.0. The molecule has 0 aliphatic carbocycles. The van der Waals surface area contributed by atoms with E-state index in [1.165, 1.54) is 0 Å². The Labute approximate surface area is 135 Å². The summed E-state index contributed by atoms with van der Waals surface area (Å²) in [4.78, 5) is 4.98. The van der Waals surface area contributed by atoms with Gasteiger partial charge in [0.15, 0.2) is 0 Å². The molecule has 1 atom stereocenters. The fourth-order valence-corrected chi connectivity index (χ4v) is 3.38. The van der Waals surface area contributed by atoms with Crippen LogP contribution in [0.15, 0.2) is 18.2 Å². The van der Waals surface area contributed by atoms with E-state index in [4.69, 9.17) is 13.0 Å². The molecule has 1 fully saturated rings. The topological polar surface area (TPSA) is 28.3 Å². The zero-order valence-corrected chi connectivity index (χ0v) is 12.6. The summed E-state index contributed by atoms with van der Waals surface area (Å²) in [7, 11) is -2.54. The number of rotatable bonds is 4. The number of hydrogen-bond donors (Lipinski definition) is 1. The van der Waals surface area contributed by atoms with E-state index in [9.17, 15) is 0 Å². The lowest BCUT2D eigenvalue weighted by Gasteiger charge is -2.20. The molecule has 0 radical (unpaired) electrons. The minimum Gasteiger partial charge on any atom is -0.496 e. The van der Waals surface area contributed by atoms with Crippen LogP contribution in [0.3, 0.4) is 0 Å². The fourth-order valence-electron chi connectivity index (χ4n) is 3.38. The van der Waals surface area contributed by atoms with Crippen molar-refractivity contribution in [1.82, 2.24) is 9.88 Å². The van der Waals surface area contributed by atoms with E-state index in [0.29, 0.717) is 18.7 Å². The molecule has 1 aromatic heterocycles. The number of likely N-dealkylation sites (tertiary alicyclic amines) is 1. The molecule has 114 valence electrons. The van der Waals surface area contributed by atoms with Crippen LogP contribution in [0.1, 0.15) is 52.1 Å². The van der Waals surface area contributed by atoms with Gasteiger partial charge >= 0.3 is 0 Å². The van der Waals surface area contributed by atoms with Crippen LogP contribution in [-0.4, -0.2) is 36.5 Å². The molecule has 3 nitrogen and oxygen atoms in total. The Bertz CT molecular complexity index is 809. The van der Waals surface area contributed by atoms with Gasteiger partial charge in [-0.25, -0.2) is 0 Å². The lowest BCUT2D eigenvalue weighted by Crippen LogP contribution is -2.27. The number of methoxy groups -OCH3 is 1. The van der Waals surface area contributed by atoms with Crippen molar-refractivity contribution in [1.29, 1.82) is 0 Å². The average molecular weight is 292 g/mol. The van der Waals surface area contributed by atoms with E-state index in [2.05, 4.69) is 18.8 Å². The van der Waals surface area contributed by atoms with Crippen molar-refractivity contribution in [2.75, 3.05) is 20.6 Å². The third-order valence-electron chi connectivity index (χ3n) is 4.43. The summed E-state index contributed by atoms with van der Waals surface area (Å²) < 4.78 is 51.1. The minimum atomic E-state index is -2.54.